The minimum Gasteiger partial charge on any atom is -0.496 e. The molecule has 1 rings (SSSR count). The van der Waals surface area contributed by atoms with E-state index in [0.29, 0.717) is 22.4 Å². The number of benzene rings is 1. The van der Waals surface area contributed by atoms with Crippen LogP contribution in [-0.4, -0.2) is 83.4 Å². The predicted molar refractivity (Wildman–Crippen MR) is 171 cm³/mol. The Morgan fingerprint density at radius 3 is 2.24 bits per heavy atom. The lowest BCUT2D eigenvalue weighted by atomic mass is 10.00. The molecule has 0 radical (unpaired) electrons. The summed E-state index contributed by atoms with van der Waals surface area (Å²) in [6, 6.07) is -0.995. The third-order valence-corrected chi connectivity index (χ3v) is 8.27. The number of sulfonamides is 1. The molecule has 0 aliphatic heterocycles. The number of carbonyl (C=O) groups excluding carboxylic acids is 4. The van der Waals surface area contributed by atoms with Crippen molar-refractivity contribution < 1.29 is 46.5 Å². The van der Waals surface area contributed by atoms with Crippen LogP contribution in [0.25, 0.3) is 0 Å². The zero-order valence-electron chi connectivity index (χ0n) is 27.9. The molecule has 258 valence electrons. The molecule has 1 aromatic carbocycles. The van der Waals surface area contributed by atoms with Crippen molar-refractivity contribution in [2.24, 2.45) is 16.6 Å². The Kier molecular flexibility index (Phi) is 15.0. The number of amides is 2. The summed E-state index contributed by atoms with van der Waals surface area (Å²) in [5.74, 6) is -3.45. The van der Waals surface area contributed by atoms with Gasteiger partial charge in [0.05, 0.1) is 25.0 Å². The number of nitrogens with two attached hydrogens (primary N) is 1. The minimum absolute atomic E-state index is 0.0102. The molecule has 5 N–H and O–H groups in total. The standard InChI is InChI=1S/C30H47N5O10S/c1-11-15-44-26(37)21(33-25(36)20(5)23(27(38)43-10)34-29(39)45-30(6,7)8)13-12-14-32-28(31)35-46(40,41)24-17(2)16-22(42-9)18(3)19(24)4/h11,16,20-21,23H,1,12-15H2,2-10H3,(H,33,36)(H,34,39)(H3,31,32,35)/t20-,21-,23+/m0/s1. The van der Waals surface area contributed by atoms with Crippen molar-refractivity contribution in [1.82, 2.24) is 15.4 Å². The van der Waals surface area contributed by atoms with Gasteiger partial charge in [0, 0.05) is 6.54 Å². The summed E-state index contributed by atoms with van der Waals surface area (Å²) in [5, 5.41) is 4.86. The van der Waals surface area contributed by atoms with Crippen LogP contribution in [0.2, 0.25) is 0 Å². The lowest BCUT2D eigenvalue weighted by molar-refractivity contribution is -0.149. The number of rotatable bonds is 15. The topological polar surface area (TPSA) is 214 Å². The molecule has 16 heteroatoms. The molecule has 3 atom stereocenters. The average Bonchev–Trinajstić information content (AvgIpc) is 2.95. The van der Waals surface area contributed by atoms with Gasteiger partial charge < -0.3 is 35.3 Å². The maximum absolute atomic E-state index is 13.1. The molecule has 0 bridgehead atoms. The monoisotopic (exact) mass is 669 g/mol. The summed E-state index contributed by atoms with van der Waals surface area (Å²) in [5.41, 5.74) is 6.63. The van der Waals surface area contributed by atoms with Crippen LogP contribution in [0, 0.1) is 26.7 Å². The van der Waals surface area contributed by atoms with Crippen LogP contribution in [-0.2, 0) is 38.6 Å². The molecule has 2 amide bonds. The number of alkyl carbamates (subject to hydrolysis) is 1. The highest BCUT2D eigenvalue weighted by Gasteiger charge is 2.36. The van der Waals surface area contributed by atoms with E-state index in [-0.39, 0.29) is 36.8 Å². The number of hydrogen-bond donors (Lipinski definition) is 4. The Bertz CT molecular complexity index is 1420. The van der Waals surface area contributed by atoms with E-state index in [1.807, 2.05) is 0 Å². The molecular weight excluding hydrogens is 622 g/mol. The van der Waals surface area contributed by atoms with Crippen molar-refractivity contribution in [3.05, 3.63) is 35.4 Å². The van der Waals surface area contributed by atoms with Crippen LogP contribution < -0.4 is 25.8 Å². The largest absolute Gasteiger partial charge is 0.496 e. The van der Waals surface area contributed by atoms with Crippen LogP contribution in [0.1, 0.15) is 57.2 Å². The Morgan fingerprint density at radius 2 is 1.70 bits per heavy atom. The zero-order chi connectivity index (χ0) is 35.4. The molecule has 0 aliphatic carbocycles. The number of ether oxygens (including phenoxy) is 4. The van der Waals surface area contributed by atoms with E-state index in [2.05, 4.69) is 26.9 Å². The zero-order valence-corrected chi connectivity index (χ0v) is 28.8. The van der Waals surface area contributed by atoms with E-state index in [9.17, 15) is 27.6 Å². The van der Waals surface area contributed by atoms with Crippen LogP contribution in [0.4, 0.5) is 4.79 Å². The van der Waals surface area contributed by atoms with Gasteiger partial charge >= 0.3 is 18.0 Å². The van der Waals surface area contributed by atoms with E-state index >= 15 is 0 Å². The molecular formula is C30H47N5O10S. The van der Waals surface area contributed by atoms with Gasteiger partial charge in [-0.3, -0.25) is 9.79 Å². The molecule has 1 aromatic rings. The van der Waals surface area contributed by atoms with Gasteiger partial charge in [-0.15, -0.1) is 0 Å². The number of esters is 2. The summed E-state index contributed by atoms with van der Waals surface area (Å²) in [4.78, 5) is 54.7. The van der Waals surface area contributed by atoms with E-state index in [1.165, 1.54) is 20.1 Å². The van der Waals surface area contributed by atoms with Crippen LogP contribution >= 0.6 is 0 Å². The van der Waals surface area contributed by atoms with Gasteiger partial charge in [0.1, 0.15) is 30.0 Å². The Labute approximate surface area is 270 Å². The van der Waals surface area contributed by atoms with E-state index in [1.54, 1.807) is 47.6 Å². The number of nitrogens with one attached hydrogen (secondary N) is 3. The lowest BCUT2D eigenvalue weighted by Crippen LogP contribution is -2.53. The second-order valence-electron chi connectivity index (χ2n) is 11.4. The van der Waals surface area contributed by atoms with Crippen molar-refractivity contribution in [1.29, 1.82) is 0 Å². The normalized spacial score (nSPS) is 13.8. The van der Waals surface area contributed by atoms with Crippen molar-refractivity contribution in [3.8, 4) is 5.75 Å². The highest BCUT2D eigenvalue weighted by atomic mass is 32.2. The predicted octanol–water partition coefficient (Wildman–Crippen LogP) is 1.91. The molecule has 0 heterocycles. The number of aliphatic imine (C=N–C) groups is 1. The minimum atomic E-state index is -4.09. The summed E-state index contributed by atoms with van der Waals surface area (Å²) >= 11 is 0. The first-order valence-electron chi connectivity index (χ1n) is 14.4. The summed E-state index contributed by atoms with van der Waals surface area (Å²) in [6.07, 6.45) is 0.586. The lowest BCUT2D eigenvalue weighted by Gasteiger charge is -2.26. The molecule has 46 heavy (non-hydrogen) atoms. The van der Waals surface area contributed by atoms with E-state index in [4.69, 9.17) is 24.7 Å². The number of guanidine groups is 1. The molecule has 0 fully saturated rings. The quantitative estimate of drug-likeness (QED) is 0.0529. The smallest absolute Gasteiger partial charge is 0.408 e. The number of aryl methyl sites for hydroxylation is 1. The number of methoxy groups -OCH3 is 2. The SMILES string of the molecule is C=CCOC(=O)[C@H](CCCN=C(N)NS(=O)(=O)c1c(C)cc(OC)c(C)c1C)NC(=O)[C@@H](C)[C@@H](NC(=O)OC(C)(C)C)C(=O)OC. The molecule has 0 unspecified atom stereocenters. The average molecular weight is 670 g/mol. The first-order chi connectivity index (χ1) is 21.3. The Balaban J connectivity index is 3.03. The molecule has 0 spiro atoms. The van der Waals surface area contributed by atoms with Gasteiger partial charge in [-0.2, -0.15) is 0 Å². The second-order valence-corrected chi connectivity index (χ2v) is 13.0. The number of hydrogen-bond acceptors (Lipinski definition) is 11. The van der Waals surface area contributed by atoms with Gasteiger partial charge in [0.25, 0.3) is 10.0 Å². The van der Waals surface area contributed by atoms with Gasteiger partial charge in [-0.25, -0.2) is 27.5 Å². The van der Waals surface area contributed by atoms with Crippen molar-refractivity contribution in [3.63, 3.8) is 0 Å². The third kappa shape index (κ3) is 11.9. The highest BCUT2D eigenvalue weighted by Crippen LogP contribution is 2.30. The van der Waals surface area contributed by atoms with Crippen LogP contribution in [0.15, 0.2) is 28.6 Å². The fourth-order valence-corrected chi connectivity index (χ4v) is 5.74. The van der Waals surface area contributed by atoms with Crippen molar-refractivity contribution >= 4 is 39.9 Å². The first kappa shape index (κ1) is 39.7. The summed E-state index contributed by atoms with van der Waals surface area (Å²) < 4.78 is 48.8. The van der Waals surface area contributed by atoms with E-state index in [0.717, 1.165) is 7.11 Å². The van der Waals surface area contributed by atoms with E-state index < -0.39 is 57.6 Å². The molecule has 15 nitrogen and oxygen atoms in total. The Morgan fingerprint density at radius 1 is 1.07 bits per heavy atom. The first-order valence-corrected chi connectivity index (χ1v) is 15.9. The summed E-state index contributed by atoms with van der Waals surface area (Å²) in [6.45, 7) is 14.7. The van der Waals surface area contributed by atoms with Crippen molar-refractivity contribution in [2.45, 2.75) is 83.9 Å². The summed E-state index contributed by atoms with van der Waals surface area (Å²) in [7, 11) is -1.49. The van der Waals surface area contributed by atoms with Gasteiger partial charge in [0.15, 0.2) is 0 Å². The highest BCUT2D eigenvalue weighted by molar-refractivity contribution is 7.90. The number of nitrogens with zero attached hydrogens (tertiary/aromatic N) is 1. The fourth-order valence-electron chi connectivity index (χ4n) is 4.26. The Hall–Kier alpha value is -4.34. The molecule has 0 aromatic heterocycles. The number of carbonyl (C=O) groups is 4. The van der Waals surface area contributed by atoms with Crippen molar-refractivity contribution in [2.75, 3.05) is 27.4 Å². The molecule has 0 saturated heterocycles. The van der Waals surface area contributed by atoms with Crippen LogP contribution in [0.5, 0.6) is 5.75 Å². The third-order valence-electron chi connectivity index (χ3n) is 6.62. The maximum atomic E-state index is 13.1. The maximum Gasteiger partial charge on any atom is 0.408 e. The van der Waals surface area contributed by atoms with Crippen LogP contribution in [0.3, 0.4) is 0 Å². The fraction of sp³-hybridized carbons (Fsp3) is 0.567. The molecule has 0 aliphatic rings. The van der Waals surface area contributed by atoms with Gasteiger partial charge in [0.2, 0.25) is 11.9 Å². The second kappa shape index (κ2) is 17.4. The molecule has 0 saturated carbocycles. The van der Waals surface area contributed by atoms with Gasteiger partial charge in [-0.1, -0.05) is 19.6 Å². The van der Waals surface area contributed by atoms with Gasteiger partial charge in [-0.05, 0) is 77.1 Å².